The van der Waals surface area contributed by atoms with E-state index >= 15 is 0 Å². The van der Waals surface area contributed by atoms with Gasteiger partial charge in [0.05, 0.1) is 6.61 Å². The van der Waals surface area contributed by atoms with Crippen LogP contribution in [0.25, 0.3) is 0 Å². The maximum absolute atomic E-state index is 10.5. The van der Waals surface area contributed by atoms with Gasteiger partial charge in [-0.2, -0.15) is 0 Å². The highest BCUT2D eigenvalue weighted by molar-refractivity contribution is 5.74. The van der Waals surface area contributed by atoms with Crippen molar-refractivity contribution in [2.45, 2.75) is 25.3 Å². The number of nitrogens with zero attached hydrogens (tertiary/aromatic N) is 1. The summed E-state index contributed by atoms with van der Waals surface area (Å²) in [5.74, 6) is 1.87. The van der Waals surface area contributed by atoms with Crippen molar-refractivity contribution in [1.82, 2.24) is 4.90 Å². The molecule has 3 rings (SSSR count). The number of aldehydes is 1. The van der Waals surface area contributed by atoms with Crippen LogP contribution in [0.4, 0.5) is 0 Å². The Morgan fingerprint density at radius 2 is 2.17 bits per heavy atom. The van der Waals surface area contributed by atoms with Crippen LogP contribution in [-0.4, -0.2) is 36.9 Å². The first kappa shape index (κ1) is 11.7. The minimum Gasteiger partial charge on any atom is -0.494 e. The molecule has 0 amide bonds. The first-order valence-electron chi connectivity index (χ1n) is 6.79. The number of piperidine rings is 1. The highest BCUT2D eigenvalue weighted by Crippen LogP contribution is 2.44. The number of rotatable bonds is 6. The van der Waals surface area contributed by atoms with E-state index in [-0.39, 0.29) is 0 Å². The standard InChI is InChI=1S/C15H19NO2/c17-11-12-2-4-14(5-3-12)18-9-1-7-16-8-6-13-10-15(13)16/h2-5,11,13,15H,1,6-10H2. The summed E-state index contributed by atoms with van der Waals surface area (Å²) in [6.07, 6.45) is 4.76. The van der Waals surface area contributed by atoms with Crippen LogP contribution in [-0.2, 0) is 0 Å². The molecule has 0 spiro atoms. The van der Waals surface area contributed by atoms with Crippen molar-refractivity contribution < 1.29 is 9.53 Å². The summed E-state index contributed by atoms with van der Waals surface area (Å²) < 4.78 is 5.67. The van der Waals surface area contributed by atoms with E-state index in [1.54, 1.807) is 12.1 Å². The summed E-state index contributed by atoms with van der Waals surface area (Å²) in [6, 6.07) is 8.19. The highest BCUT2D eigenvalue weighted by Gasteiger charge is 2.46. The molecule has 1 aliphatic carbocycles. The van der Waals surface area contributed by atoms with Gasteiger partial charge in [0.2, 0.25) is 0 Å². The SMILES string of the molecule is O=Cc1ccc(OCCCN2CCC3CC32)cc1. The lowest BCUT2D eigenvalue weighted by Crippen LogP contribution is -2.25. The molecule has 18 heavy (non-hydrogen) atoms. The number of likely N-dealkylation sites (tertiary alicyclic amines) is 1. The van der Waals surface area contributed by atoms with Crippen molar-refractivity contribution in [3.05, 3.63) is 29.8 Å². The lowest BCUT2D eigenvalue weighted by Gasteiger charge is -2.17. The maximum Gasteiger partial charge on any atom is 0.150 e. The molecule has 2 aliphatic rings. The van der Waals surface area contributed by atoms with Crippen LogP contribution in [0, 0.1) is 5.92 Å². The molecule has 1 saturated carbocycles. The summed E-state index contributed by atoms with van der Waals surface area (Å²) in [5, 5.41) is 0. The van der Waals surface area contributed by atoms with Crippen molar-refractivity contribution in [3.63, 3.8) is 0 Å². The molecular weight excluding hydrogens is 226 g/mol. The zero-order chi connectivity index (χ0) is 12.4. The van der Waals surface area contributed by atoms with Crippen LogP contribution in [0.1, 0.15) is 29.6 Å². The molecule has 96 valence electrons. The molecule has 1 aromatic rings. The summed E-state index contributed by atoms with van der Waals surface area (Å²) >= 11 is 0. The number of benzene rings is 1. The summed E-state index contributed by atoms with van der Waals surface area (Å²) in [7, 11) is 0. The topological polar surface area (TPSA) is 29.5 Å². The highest BCUT2D eigenvalue weighted by atomic mass is 16.5. The van der Waals surface area contributed by atoms with Crippen LogP contribution < -0.4 is 4.74 Å². The minimum absolute atomic E-state index is 0.694. The molecule has 1 saturated heterocycles. The third kappa shape index (κ3) is 2.56. The number of hydrogen-bond donors (Lipinski definition) is 0. The van der Waals surface area contributed by atoms with E-state index in [4.69, 9.17) is 4.74 Å². The predicted octanol–water partition coefficient (Wildman–Crippen LogP) is 2.36. The molecule has 3 nitrogen and oxygen atoms in total. The van der Waals surface area contributed by atoms with Gasteiger partial charge in [0.25, 0.3) is 0 Å². The summed E-state index contributed by atoms with van der Waals surface area (Å²) in [5.41, 5.74) is 0.694. The van der Waals surface area contributed by atoms with Gasteiger partial charge >= 0.3 is 0 Å². The smallest absolute Gasteiger partial charge is 0.150 e. The fourth-order valence-corrected chi connectivity index (χ4v) is 2.86. The molecule has 1 aromatic carbocycles. The third-order valence-corrected chi connectivity index (χ3v) is 4.02. The van der Waals surface area contributed by atoms with Crippen molar-refractivity contribution in [2.24, 2.45) is 5.92 Å². The minimum atomic E-state index is 0.694. The number of carbonyl (C=O) groups excluding carboxylic acids is 1. The molecule has 2 atom stereocenters. The van der Waals surface area contributed by atoms with E-state index in [1.165, 1.54) is 19.4 Å². The van der Waals surface area contributed by atoms with Gasteiger partial charge in [0.1, 0.15) is 12.0 Å². The van der Waals surface area contributed by atoms with Gasteiger partial charge < -0.3 is 4.74 Å². The number of fused-ring (bicyclic) bond motifs is 1. The second kappa shape index (κ2) is 5.11. The number of carbonyl (C=O) groups is 1. The second-order valence-electron chi connectivity index (χ2n) is 5.28. The zero-order valence-corrected chi connectivity index (χ0v) is 10.5. The first-order chi connectivity index (χ1) is 8.86. The van der Waals surface area contributed by atoms with Gasteiger partial charge in [0.15, 0.2) is 0 Å². The average Bonchev–Trinajstić information content (AvgIpc) is 3.10. The quantitative estimate of drug-likeness (QED) is 0.569. The number of hydrogen-bond acceptors (Lipinski definition) is 3. The molecule has 0 aromatic heterocycles. The molecule has 0 N–H and O–H groups in total. The Morgan fingerprint density at radius 1 is 1.33 bits per heavy atom. The largest absolute Gasteiger partial charge is 0.494 e. The summed E-state index contributed by atoms with van der Waals surface area (Å²) in [4.78, 5) is 13.1. The van der Waals surface area contributed by atoms with Crippen molar-refractivity contribution in [3.8, 4) is 5.75 Å². The maximum atomic E-state index is 10.5. The number of ether oxygens (including phenoxy) is 1. The first-order valence-corrected chi connectivity index (χ1v) is 6.79. The van der Waals surface area contributed by atoms with Crippen molar-refractivity contribution in [1.29, 1.82) is 0 Å². The monoisotopic (exact) mass is 245 g/mol. The molecule has 2 fully saturated rings. The average molecular weight is 245 g/mol. The second-order valence-corrected chi connectivity index (χ2v) is 5.28. The summed E-state index contributed by atoms with van der Waals surface area (Å²) in [6.45, 7) is 3.20. The molecular formula is C15H19NO2. The van der Waals surface area contributed by atoms with E-state index in [0.717, 1.165) is 43.6 Å². The molecule has 3 heteroatoms. The Labute approximate surface area is 108 Å². The van der Waals surface area contributed by atoms with Gasteiger partial charge in [-0.15, -0.1) is 0 Å². The molecule has 1 heterocycles. The van der Waals surface area contributed by atoms with E-state index in [0.29, 0.717) is 5.56 Å². The Balaban J connectivity index is 1.37. The fourth-order valence-electron chi connectivity index (χ4n) is 2.86. The van der Waals surface area contributed by atoms with E-state index in [9.17, 15) is 4.79 Å². The predicted molar refractivity (Wildman–Crippen MR) is 70.0 cm³/mol. The lowest BCUT2D eigenvalue weighted by molar-refractivity contribution is 0.112. The molecule has 0 radical (unpaired) electrons. The third-order valence-electron chi connectivity index (χ3n) is 4.02. The van der Waals surface area contributed by atoms with Crippen LogP contribution >= 0.6 is 0 Å². The van der Waals surface area contributed by atoms with Crippen LogP contribution in [0.2, 0.25) is 0 Å². The Kier molecular flexibility index (Phi) is 3.33. The van der Waals surface area contributed by atoms with E-state index < -0.39 is 0 Å². The lowest BCUT2D eigenvalue weighted by atomic mass is 10.2. The Bertz CT molecular complexity index is 415. The Hall–Kier alpha value is -1.35. The van der Waals surface area contributed by atoms with Crippen LogP contribution in [0.5, 0.6) is 5.75 Å². The normalized spacial score (nSPS) is 25.8. The van der Waals surface area contributed by atoms with Crippen LogP contribution in [0.3, 0.4) is 0 Å². The van der Waals surface area contributed by atoms with E-state index in [2.05, 4.69) is 4.90 Å². The van der Waals surface area contributed by atoms with Crippen LogP contribution in [0.15, 0.2) is 24.3 Å². The van der Waals surface area contributed by atoms with Gasteiger partial charge in [-0.1, -0.05) is 0 Å². The van der Waals surface area contributed by atoms with Crippen molar-refractivity contribution in [2.75, 3.05) is 19.7 Å². The fraction of sp³-hybridized carbons (Fsp3) is 0.533. The van der Waals surface area contributed by atoms with Gasteiger partial charge in [-0.05, 0) is 56.0 Å². The molecule has 1 aliphatic heterocycles. The van der Waals surface area contributed by atoms with Gasteiger partial charge in [0, 0.05) is 18.2 Å². The van der Waals surface area contributed by atoms with Gasteiger partial charge in [-0.25, -0.2) is 0 Å². The molecule has 2 unspecified atom stereocenters. The Morgan fingerprint density at radius 3 is 2.78 bits per heavy atom. The van der Waals surface area contributed by atoms with Gasteiger partial charge in [-0.3, -0.25) is 9.69 Å². The molecule has 0 bridgehead atoms. The van der Waals surface area contributed by atoms with Crippen molar-refractivity contribution >= 4 is 6.29 Å². The zero-order valence-electron chi connectivity index (χ0n) is 10.5. The van der Waals surface area contributed by atoms with E-state index in [1.807, 2.05) is 12.1 Å².